The maximum absolute atomic E-state index is 13.1. The van der Waals surface area contributed by atoms with Gasteiger partial charge in [0.05, 0.1) is 6.33 Å². The van der Waals surface area contributed by atoms with Crippen LogP contribution in [0.25, 0.3) is 0 Å². The molecule has 0 saturated carbocycles. The molecule has 1 rings (SSSR count). The Labute approximate surface area is 80.0 Å². The van der Waals surface area contributed by atoms with Crippen LogP contribution in [0, 0.1) is 11.6 Å². The Balaban J connectivity index is 2.87. The number of hydrogen-bond donors (Lipinski definition) is 1. The number of benzene rings is 1. The first-order valence-corrected chi connectivity index (χ1v) is 4.09. The average molecular weight is 201 g/mol. The Morgan fingerprint density at radius 3 is 2.57 bits per heavy atom. The normalized spacial score (nSPS) is 11.9. The lowest BCUT2D eigenvalue weighted by Crippen LogP contribution is -2.06. The Kier molecular flexibility index (Phi) is 3.71. The van der Waals surface area contributed by atoms with Crippen LogP contribution in [0.15, 0.2) is 30.1 Å². The molecule has 76 valence electrons. The highest BCUT2D eigenvalue weighted by molar-refractivity contribution is 5.24. The van der Waals surface area contributed by atoms with Gasteiger partial charge >= 0.3 is 0 Å². The third-order valence-corrected chi connectivity index (χ3v) is 1.85. The van der Waals surface area contributed by atoms with E-state index in [2.05, 4.69) is 0 Å². The van der Waals surface area contributed by atoms with Gasteiger partial charge in [-0.25, -0.2) is 13.2 Å². The molecule has 2 N–H and O–H groups in total. The van der Waals surface area contributed by atoms with E-state index in [1.54, 1.807) is 0 Å². The minimum absolute atomic E-state index is 0.0211. The van der Waals surface area contributed by atoms with Crippen molar-refractivity contribution in [2.45, 2.75) is 6.42 Å². The molecule has 0 bridgehead atoms. The molecular weight excluding hydrogens is 191 g/mol. The predicted octanol–water partition coefficient (Wildman–Crippen LogP) is 2.32. The van der Waals surface area contributed by atoms with Gasteiger partial charge in [-0.3, -0.25) is 0 Å². The molecule has 14 heavy (non-hydrogen) atoms. The molecular formula is C10H10F3N. The molecule has 0 fully saturated rings. The highest BCUT2D eigenvalue weighted by Gasteiger charge is 2.05. The van der Waals surface area contributed by atoms with Gasteiger partial charge in [0.25, 0.3) is 0 Å². The summed E-state index contributed by atoms with van der Waals surface area (Å²) in [5.74, 6) is -1.33. The summed E-state index contributed by atoms with van der Waals surface area (Å²) in [7, 11) is 0. The molecule has 0 amide bonds. The second kappa shape index (κ2) is 4.81. The van der Waals surface area contributed by atoms with Gasteiger partial charge in [0.2, 0.25) is 0 Å². The molecule has 0 heterocycles. The molecule has 0 unspecified atom stereocenters. The SMILES string of the molecule is NC/C(=C\F)Cc1ccc(F)cc1F. The van der Waals surface area contributed by atoms with Crippen molar-refractivity contribution in [1.29, 1.82) is 0 Å². The Morgan fingerprint density at radius 1 is 1.36 bits per heavy atom. The van der Waals surface area contributed by atoms with Crippen LogP contribution in [-0.2, 0) is 6.42 Å². The molecule has 0 spiro atoms. The fourth-order valence-corrected chi connectivity index (χ4v) is 1.06. The Morgan fingerprint density at radius 2 is 2.07 bits per heavy atom. The molecule has 1 aromatic carbocycles. The van der Waals surface area contributed by atoms with E-state index in [0.29, 0.717) is 6.33 Å². The summed E-state index contributed by atoms with van der Waals surface area (Å²) in [6, 6.07) is 3.18. The van der Waals surface area contributed by atoms with Gasteiger partial charge in [-0.1, -0.05) is 6.07 Å². The summed E-state index contributed by atoms with van der Waals surface area (Å²) in [6.07, 6.45) is 0.419. The van der Waals surface area contributed by atoms with Gasteiger partial charge in [0.15, 0.2) is 0 Å². The van der Waals surface area contributed by atoms with E-state index in [4.69, 9.17) is 5.73 Å². The monoisotopic (exact) mass is 201 g/mol. The smallest absolute Gasteiger partial charge is 0.129 e. The molecule has 0 radical (unpaired) electrons. The third-order valence-electron chi connectivity index (χ3n) is 1.85. The first-order chi connectivity index (χ1) is 6.67. The summed E-state index contributed by atoms with van der Waals surface area (Å²) < 4.78 is 37.7. The lowest BCUT2D eigenvalue weighted by molar-refractivity contribution is 0.573. The zero-order chi connectivity index (χ0) is 10.6. The third kappa shape index (κ3) is 2.60. The van der Waals surface area contributed by atoms with Crippen molar-refractivity contribution in [3.63, 3.8) is 0 Å². The van der Waals surface area contributed by atoms with Gasteiger partial charge in [-0.05, 0) is 17.2 Å². The summed E-state index contributed by atoms with van der Waals surface area (Å²) in [5.41, 5.74) is 5.72. The first-order valence-electron chi connectivity index (χ1n) is 4.09. The number of halogens is 3. The standard InChI is InChI=1S/C10H10F3N/c11-5-7(6-14)3-8-1-2-9(12)4-10(8)13/h1-2,4-5H,3,6,14H2/b7-5-. The van der Waals surface area contributed by atoms with Gasteiger partial charge in [0.1, 0.15) is 11.6 Å². The minimum atomic E-state index is -0.683. The van der Waals surface area contributed by atoms with Crippen molar-refractivity contribution in [3.05, 3.63) is 47.3 Å². The molecule has 0 atom stereocenters. The van der Waals surface area contributed by atoms with E-state index in [9.17, 15) is 13.2 Å². The lowest BCUT2D eigenvalue weighted by Gasteiger charge is -2.04. The maximum Gasteiger partial charge on any atom is 0.129 e. The Hall–Kier alpha value is -1.29. The van der Waals surface area contributed by atoms with E-state index in [1.165, 1.54) is 6.07 Å². The van der Waals surface area contributed by atoms with Gasteiger partial charge in [-0.2, -0.15) is 0 Å². The molecule has 0 aliphatic carbocycles. The van der Waals surface area contributed by atoms with Crippen LogP contribution < -0.4 is 5.73 Å². The molecule has 4 heteroatoms. The maximum atomic E-state index is 13.1. The molecule has 1 aromatic rings. The van der Waals surface area contributed by atoms with Crippen molar-refractivity contribution < 1.29 is 13.2 Å². The first kappa shape index (κ1) is 10.8. The summed E-state index contributed by atoms with van der Waals surface area (Å²) in [5, 5.41) is 0. The van der Waals surface area contributed by atoms with Crippen molar-refractivity contribution in [3.8, 4) is 0 Å². The number of nitrogens with two attached hydrogens (primary N) is 1. The van der Waals surface area contributed by atoms with Crippen LogP contribution in [0.2, 0.25) is 0 Å². The van der Waals surface area contributed by atoms with Crippen LogP contribution in [0.5, 0.6) is 0 Å². The van der Waals surface area contributed by atoms with Crippen molar-refractivity contribution in [1.82, 2.24) is 0 Å². The summed E-state index contributed by atoms with van der Waals surface area (Å²) in [6.45, 7) is 0.0211. The quantitative estimate of drug-likeness (QED) is 0.797. The van der Waals surface area contributed by atoms with Crippen molar-refractivity contribution >= 4 is 0 Å². The van der Waals surface area contributed by atoms with E-state index in [0.717, 1.165) is 12.1 Å². The lowest BCUT2D eigenvalue weighted by atomic mass is 10.1. The molecule has 0 aromatic heterocycles. The van der Waals surface area contributed by atoms with Gasteiger partial charge in [0, 0.05) is 19.0 Å². The zero-order valence-corrected chi connectivity index (χ0v) is 7.43. The number of rotatable bonds is 3. The van der Waals surface area contributed by atoms with E-state index in [-0.39, 0.29) is 24.1 Å². The second-order valence-electron chi connectivity index (χ2n) is 2.88. The Bertz CT molecular complexity index is 347. The highest BCUT2D eigenvalue weighted by Crippen LogP contribution is 2.13. The average Bonchev–Trinajstić information content (AvgIpc) is 2.17. The van der Waals surface area contributed by atoms with Crippen LogP contribution in [0.4, 0.5) is 13.2 Å². The summed E-state index contributed by atoms with van der Waals surface area (Å²) in [4.78, 5) is 0. The van der Waals surface area contributed by atoms with Gasteiger partial charge in [-0.15, -0.1) is 0 Å². The minimum Gasteiger partial charge on any atom is -0.327 e. The molecule has 0 saturated heterocycles. The predicted molar refractivity (Wildman–Crippen MR) is 48.3 cm³/mol. The fraction of sp³-hybridized carbons (Fsp3) is 0.200. The number of hydrogen-bond acceptors (Lipinski definition) is 1. The fourth-order valence-electron chi connectivity index (χ4n) is 1.06. The van der Waals surface area contributed by atoms with E-state index >= 15 is 0 Å². The van der Waals surface area contributed by atoms with Crippen LogP contribution in [0.1, 0.15) is 5.56 Å². The topological polar surface area (TPSA) is 26.0 Å². The molecule has 1 nitrogen and oxygen atoms in total. The second-order valence-corrected chi connectivity index (χ2v) is 2.88. The van der Waals surface area contributed by atoms with Crippen LogP contribution in [0.3, 0.4) is 0 Å². The highest BCUT2D eigenvalue weighted by atomic mass is 19.1. The van der Waals surface area contributed by atoms with Crippen molar-refractivity contribution in [2.75, 3.05) is 6.54 Å². The van der Waals surface area contributed by atoms with Crippen LogP contribution >= 0.6 is 0 Å². The van der Waals surface area contributed by atoms with Crippen LogP contribution in [-0.4, -0.2) is 6.54 Å². The largest absolute Gasteiger partial charge is 0.327 e. The van der Waals surface area contributed by atoms with Crippen molar-refractivity contribution in [2.24, 2.45) is 5.73 Å². The zero-order valence-electron chi connectivity index (χ0n) is 7.43. The summed E-state index contributed by atoms with van der Waals surface area (Å²) >= 11 is 0. The molecule has 0 aliphatic rings. The van der Waals surface area contributed by atoms with E-state index in [1.807, 2.05) is 0 Å². The van der Waals surface area contributed by atoms with E-state index < -0.39 is 11.6 Å². The molecule has 0 aliphatic heterocycles. The van der Waals surface area contributed by atoms with Gasteiger partial charge < -0.3 is 5.73 Å².